The highest BCUT2D eigenvalue weighted by molar-refractivity contribution is 5.06. The monoisotopic (exact) mass is 196 g/mol. The maximum absolute atomic E-state index is 11.6. The molecule has 2 heterocycles. The molecule has 1 aromatic heterocycles. The van der Waals surface area contributed by atoms with Gasteiger partial charge in [0.25, 0.3) is 0 Å². The first kappa shape index (κ1) is 9.52. The number of H-pyrrole nitrogens is 1. The van der Waals surface area contributed by atoms with Crippen LogP contribution in [0.5, 0.6) is 0 Å². The largest absolute Gasteiger partial charge is 0.379 e. The highest BCUT2D eigenvalue weighted by atomic mass is 16.5. The minimum absolute atomic E-state index is 0.01000. The molecule has 1 saturated heterocycles. The molecule has 4 nitrogen and oxygen atoms in total. The van der Waals surface area contributed by atoms with Crippen LogP contribution in [0.4, 0.5) is 0 Å². The minimum Gasteiger partial charge on any atom is -0.379 e. The molecule has 0 aliphatic carbocycles. The zero-order valence-corrected chi connectivity index (χ0v) is 8.62. The average molecular weight is 196 g/mol. The van der Waals surface area contributed by atoms with Gasteiger partial charge in [-0.2, -0.15) is 0 Å². The second-order valence-corrected chi connectivity index (χ2v) is 4.06. The van der Waals surface area contributed by atoms with E-state index in [9.17, 15) is 4.79 Å². The first-order valence-electron chi connectivity index (χ1n) is 5.07. The van der Waals surface area contributed by atoms with E-state index in [0.717, 1.165) is 18.7 Å². The molecular formula is C10H16N2O2. The van der Waals surface area contributed by atoms with Crippen molar-refractivity contribution in [2.75, 3.05) is 13.2 Å². The molecule has 2 rings (SSSR count). The van der Waals surface area contributed by atoms with Gasteiger partial charge < -0.3 is 9.72 Å². The van der Waals surface area contributed by atoms with Gasteiger partial charge in [0.1, 0.15) is 0 Å². The van der Waals surface area contributed by atoms with Crippen LogP contribution in [0.1, 0.15) is 37.9 Å². The van der Waals surface area contributed by atoms with E-state index >= 15 is 0 Å². The molecule has 4 heteroatoms. The third kappa shape index (κ3) is 1.50. The summed E-state index contributed by atoms with van der Waals surface area (Å²) in [5.74, 6) is 0.370. The summed E-state index contributed by atoms with van der Waals surface area (Å²) < 4.78 is 7.14. The Balaban J connectivity index is 2.38. The van der Waals surface area contributed by atoms with E-state index in [-0.39, 0.29) is 11.7 Å². The van der Waals surface area contributed by atoms with Crippen molar-refractivity contribution in [2.45, 2.75) is 32.2 Å². The van der Waals surface area contributed by atoms with Crippen LogP contribution >= 0.6 is 0 Å². The van der Waals surface area contributed by atoms with Gasteiger partial charge in [0.05, 0.1) is 12.6 Å². The van der Waals surface area contributed by atoms with Crippen molar-refractivity contribution in [3.63, 3.8) is 0 Å². The lowest BCUT2D eigenvalue weighted by molar-refractivity contribution is 0.185. The van der Waals surface area contributed by atoms with Gasteiger partial charge in [-0.15, -0.1) is 0 Å². The van der Waals surface area contributed by atoms with Gasteiger partial charge in [-0.3, -0.25) is 4.57 Å². The number of nitrogens with one attached hydrogen (secondary N) is 1. The minimum atomic E-state index is -0.01000. The molecule has 14 heavy (non-hydrogen) atoms. The molecule has 1 fully saturated rings. The Morgan fingerprint density at radius 2 is 2.43 bits per heavy atom. The summed E-state index contributed by atoms with van der Waals surface area (Å²) in [4.78, 5) is 14.3. The first-order chi connectivity index (χ1) is 6.70. The highest BCUT2D eigenvalue weighted by Crippen LogP contribution is 2.22. The maximum Gasteiger partial charge on any atom is 0.326 e. The summed E-state index contributed by atoms with van der Waals surface area (Å²) in [7, 11) is 0. The molecule has 1 unspecified atom stereocenters. The molecule has 1 atom stereocenters. The number of ether oxygens (including phenoxy) is 1. The van der Waals surface area contributed by atoms with Gasteiger partial charge in [0, 0.05) is 18.5 Å². The van der Waals surface area contributed by atoms with E-state index in [4.69, 9.17) is 4.74 Å². The van der Waals surface area contributed by atoms with Crippen LogP contribution in [0.2, 0.25) is 0 Å². The molecule has 0 amide bonds. The number of imidazole rings is 1. The quantitative estimate of drug-likeness (QED) is 0.774. The van der Waals surface area contributed by atoms with E-state index in [1.807, 2.05) is 10.8 Å². The number of nitrogens with zero attached hydrogens (tertiary/aromatic N) is 1. The summed E-state index contributed by atoms with van der Waals surface area (Å²) in [6.07, 6.45) is 2.75. The van der Waals surface area contributed by atoms with Crippen LogP contribution in [0.15, 0.2) is 11.0 Å². The van der Waals surface area contributed by atoms with Crippen molar-refractivity contribution < 1.29 is 4.74 Å². The van der Waals surface area contributed by atoms with Gasteiger partial charge >= 0.3 is 5.69 Å². The molecule has 0 spiro atoms. The van der Waals surface area contributed by atoms with Gasteiger partial charge in [-0.05, 0) is 12.3 Å². The lowest BCUT2D eigenvalue weighted by atomic mass is 10.1. The number of aromatic amines is 1. The lowest BCUT2D eigenvalue weighted by Crippen LogP contribution is -2.24. The number of rotatable bonds is 2. The Morgan fingerprint density at radius 3 is 3.00 bits per heavy atom. The van der Waals surface area contributed by atoms with E-state index < -0.39 is 0 Å². The Morgan fingerprint density at radius 1 is 1.64 bits per heavy atom. The van der Waals surface area contributed by atoms with Crippen molar-refractivity contribution in [3.8, 4) is 0 Å². The van der Waals surface area contributed by atoms with E-state index in [1.54, 1.807) is 0 Å². The molecular weight excluding hydrogens is 180 g/mol. The van der Waals surface area contributed by atoms with Crippen LogP contribution < -0.4 is 5.69 Å². The van der Waals surface area contributed by atoms with E-state index in [0.29, 0.717) is 12.5 Å². The van der Waals surface area contributed by atoms with Crippen LogP contribution in [0.3, 0.4) is 0 Å². The predicted octanol–water partition coefficient (Wildman–Crippen LogP) is 1.26. The summed E-state index contributed by atoms with van der Waals surface area (Å²) in [5, 5.41) is 0. The summed E-state index contributed by atoms with van der Waals surface area (Å²) >= 11 is 0. The molecule has 0 bridgehead atoms. The fourth-order valence-corrected chi connectivity index (χ4v) is 1.94. The summed E-state index contributed by atoms with van der Waals surface area (Å²) in [6.45, 7) is 5.61. The lowest BCUT2D eigenvalue weighted by Gasteiger charge is -2.14. The van der Waals surface area contributed by atoms with Crippen molar-refractivity contribution >= 4 is 0 Å². The SMILES string of the molecule is CC(C)c1c[nH]c(=O)n1C1CCOC1. The van der Waals surface area contributed by atoms with Crippen LogP contribution in [0, 0.1) is 0 Å². The standard InChI is InChI=1S/C10H16N2O2/c1-7(2)9-5-11-10(13)12(9)8-3-4-14-6-8/h5,7-8H,3-4,6H2,1-2H3,(H,11,13). The third-order valence-electron chi connectivity index (χ3n) is 2.70. The van der Waals surface area contributed by atoms with E-state index in [2.05, 4.69) is 18.8 Å². The van der Waals surface area contributed by atoms with Crippen LogP contribution in [-0.4, -0.2) is 22.8 Å². The van der Waals surface area contributed by atoms with Gasteiger partial charge in [0.15, 0.2) is 0 Å². The molecule has 0 saturated carbocycles. The van der Waals surface area contributed by atoms with Gasteiger partial charge in [-0.1, -0.05) is 13.8 Å². The van der Waals surface area contributed by atoms with Gasteiger partial charge in [-0.25, -0.2) is 4.79 Å². The Bertz CT molecular complexity index is 358. The molecule has 1 aromatic rings. The second kappa shape index (κ2) is 3.61. The molecule has 1 aliphatic heterocycles. The van der Waals surface area contributed by atoms with Crippen molar-refractivity contribution in [3.05, 3.63) is 22.4 Å². The molecule has 1 aliphatic rings. The third-order valence-corrected chi connectivity index (χ3v) is 2.70. The number of hydrogen-bond acceptors (Lipinski definition) is 2. The second-order valence-electron chi connectivity index (χ2n) is 4.06. The fourth-order valence-electron chi connectivity index (χ4n) is 1.94. The van der Waals surface area contributed by atoms with Crippen molar-refractivity contribution in [2.24, 2.45) is 0 Å². The number of hydrogen-bond donors (Lipinski definition) is 1. The average Bonchev–Trinajstić information content (AvgIpc) is 2.71. The van der Waals surface area contributed by atoms with Crippen molar-refractivity contribution in [1.82, 2.24) is 9.55 Å². The smallest absolute Gasteiger partial charge is 0.326 e. The highest BCUT2D eigenvalue weighted by Gasteiger charge is 2.22. The van der Waals surface area contributed by atoms with Crippen molar-refractivity contribution in [1.29, 1.82) is 0 Å². The predicted molar refractivity (Wildman–Crippen MR) is 53.6 cm³/mol. The van der Waals surface area contributed by atoms with Gasteiger partial charge in [0.2, 0.25) is 0 Å². The Hall–Kier alpha value is -1.03. The zero-order chi connectivity index (χ0) is 10.1. The normalized spacial score (nSPS) is 22.1. The Labute approximate surface area is 82.9 Å². The van der Waals surface area contributed by atoms with Crippen LogP contribution in [0.25, 0.3) is 0 Å². The first-order valence-corrected chi connectivity index (χ1v) is 5.07. The molecule has 0 aromatic carbocycles. The number of aromatic nitrogens is 2. The van der Waals surface area contributed by atoms with E-state index in [1.165, 1.54) is 0 Å². The fraction of sp³-hybridized carbons (Fsp3) is 0.700. The van der Waals surface area contributed by atoms with Crippen LogP contribution in [-0.2, 0) is 4.74 Å². The molecule has 78 valence electrons. The molecule has 0 radical (unpaired) electrons. The zero-order valence-electron chi connectivity index (χ0n) is 8.62. The molecule has 1 N–H and O–H groups in total. The maximum atomic E-state index is 11.6. The summed E-state index contributed by atoms with van der Waals surface area (Å²) in [5.41, 5.74) is 1.06. The Kier molecular flexibility index (Phi) is 2.46. The topological polar surface area (TPSA) is 47.0 Å². The summed E-state index contributed by atoms with van der Waals surface area (Å²) in [6, 6.07) is 0.228.